The van der Waals surface area contributed by atoms with E-state index in [0.717, 1.165) is 16.1 Å². The van der Waals surface area contributed by atoms with E-state index >= 15 is 0 Å². The number of amides is 1. The molecule has 0 saturated carbocycles. The van der Waals surface area contributed by atoms with E-state index < -0.39 is 0 Å². The van der Waals surface area contributed by atoms with Gasteiger partial charge in [-0.2, -0.15) is 5.10 Å². The van der Waals surface area contributed by atoms with Crippen LogP contribution < -0.4 is 10.9 Å². The molecule has 2 heterocycles. The highest BCUT2D eigenvalue weighted by Crippen LogP contribution is 2.37. The van der Waals surface area contributed by atoms with Crippen molar-refractivity contribution in [2.24, 2.45) is 0 Å². The zero-order valence-corrected chi connectivity index (χ0v) is 15.0. The Bertz CT molecular complexity index is 961. The van der Waals surface area contributed by atoms with Crippen molar-refractivity contribution in [2.75, 3.05) is 5.32 Å². The van der Waals surface area contributed by atoms with E-state index in [1.165, 1.54) is 29.0 Å². The van der Waals surface area contributed by atoms with Gasteiger partial charge in [-0.1, -0.05) is 41.7 Å². The Labute approximate surface area is 149 Å². The van der Waals surface area contributed by atoms with Gasteiger partial charge in [0.1, 0.15) is 5.69 Å². The average molecular weight is 354 g/mol. The van der Waals surface area contributed by atoms with Crippen LogP contribution in [0.15, 0.2) is 47.3 Å². The predicted octanol–water partition coefficient (Wildman–Crippen LogP) is 3.57. The second kappa shape index (κ2) is 6.98. The predicted molar refractivity (Wildman–Crippen MR) is 99.7 cm³/mol. The van der Waals surface area contributed by atoms with Crippen LogP contribution in [0.25, 0.3) is 21.8 Å². The molecule has 0 atom stereocenters. The number of nitrogens with one attached hydrogen (secondary N) is 1. The van der Waals surface area contributed by atoms with E-state index in [1.807, 2.05) is 44.2 Å². The number of carbonyl (C=O) groups excluding carboxylic acids is 1. The van der Waals surface area contributed by atoms with Crippen molar-refractivity contribution in [1.82, 2.24) is 14.8 Å². The molecule has 1 N–H and O–H groups in total. The highest BCUT2D eigenvalue weighted by Gasteiger charge is 2.18. The molecular formula is C18H18N4O2S. The monoisotopic (exact) mass is 354 g/mol. The Balaban J connectivity index is 2.17. The van der Waals surface area contributed by atoms with Crippen LogP contribution in [0, 0.1) is 0 Å². The Morgan fingerprint density at radius 1 is 1.16 bits per heavy atom. The number of hydrogen-bond acceptors (Lipinski definition) is 5. The van der Waals surface area contributed by atoms with Gasteiger partial charge in [-0.3, -0.25) is 9.59 Å². The molecular weight excluding hydrogens is 336 g/mol. The third-order valence-corrected chi connectivity index (χ3v) is 4.50. The number of thiazole rings is 1. The van der Waals surface area contributed by atoms with Crippen molar-refractivity contribution in [3.63, 3.8) is 0 Å². The summed E-state index contributed by atoms with van der Waals surface area (Å²) in [6.07, 6.45) is 0. The fraction of sp³-hybridized carbons (Fsp3) is 0.222. The van der Waals surface area contributed by atoms with Crippen LogP contribution in [0.3, 0.4) is 0 Å². The molecule has 0 aliphatic carbocycles. The first kappa shape index (κ1) is 17.0. The third-order valence-electron chi connectivity index (χ3n) is 3.50. The van der Waals surface area contributed by atoms with Gasteiger partial charge in [0, 0.05) is 18.6 Å². The number of benzene rings is 1. The largest absolute Gasteiger partial charge is 0.302 e. The van der Waals surface area contributed by atoms with E-state index in [4.69, 9.17) is 0 Å². The minimum atomic E-state index is -0.181. The van der Waals surface area contributed by atoms with Crippen LogP contribution in [0.1, 0.15) is 26.8 Å². The molecule has 0 fully saturated rings. The summed E-state index contributed by atoms with van der Waals surface area (Å²) in [7, 11) is 0. The van der Waals surface area contributed by atoms with E-state index in [9.17, 15) is 9.59 Å². The summed E-state index contributed by atoms with van der Waals surface area (Å²) in [5, 5.41) is 7.71. The van der Waals surface area contributed by atoms with Gasteiger partial charge in [-0.15, -0.1) is 0 Å². The maximum absolute atomic E-state index is 12.0. The number of carbonyl (C=O) groups is 1. The van der Waals surface area contributed by atoms with Crippen LogP contribution in [0.5, 0.6) is 0 Å². The quantitative estimate of drug-likeness (QED) is 0.777. The average Bonchev–Trinajstić information content (AvgIpc) is 2.99. The van der Waals surface area contributed by atoms with Gasteiger partial charge in [0.05, 0.1) is 16.6 Å². The second-order valence-corrected chi connectivity index (χ2v) is 6.84. The van der Waals surface area contributed by atoms with Crippen molar-refractivity contribution < 1.29 is 4.79 Å². The molecule has 1 aromatic carbocycles. The number of nitrogens with zero attached hydrogens (tertiary/aromatic N) is 3. The van der Waals surface area contributed by atoms with Gasteiger partial charge in [-0.05, 0) is 19.9 Å². The molecule has 1 amide bonds. The fourth-order valence-electron chi connectivity index (χ4n) is 2.41. The van der Waals surface area contributed by atoms with Crippen molar-refractivity contribution in [3.05, 3.63) is 52.8 Å². The maximum Gasteiger partial charge on any atom is 0.267 e. The highest BCUT2D eigenvalue weighted by atomic mass is 32.1. The fourth-order valence-corrected chi connectivity index (χ4v) is 3.40. The van der Waals surface area contributed by atoms with Crippen LogP contribution in [0.4, 0.5) is 5.13 Å². The second-order valence-electron chi connectivity index (χ2n) is 5.84. The normalized spacial score (nSPS) is 10.9. The topological polar surface area (TPSA) is 76.9 Å². The van der Waals surface area contributed by atoms with Gasteiger partial charge < -0.3 is 5.32 Å². The molecule has 0 radical (unpaired) electrons. The molecule has 25 heavy (non-hydrogen) atoms. The summed E-state index contributed by atoms with van der Waals surface area (Å²) in [6.45, 7) is 5.26. The molecule has 0 saturated heterocycles. The molecule has 3 rings (SSSR count). The summed E-state index contributed by atoms with van der Waals surface area (Å²) in [5.74, 6) is -0.181. The van der Waals surface area contributed by atoms with E-state index in [0.29, 0.717) is 10.8 Å². The van der Waals surface area contributed by atoms with Crippen molar-refractivity contribution in [2.45, 2.75) is 26.8 Å². The van der Waals surface area contributed by atoms with E-state index in [1.54, 1.807) is 6.07 Å². The minimum absolute atomic E-state index is 0.0460. The number of aromatic nitrogens is 3. The maximum atomic E-state index is 12.0. The molecule has 7 heteroatoms. The van der Waals surface area contributed by atoms with Crippen LogP contribution in [-0.2, 0) is 4.79 Å². The van der Waals surface area contributed by atoms with Crippen LogP contribution in [-0.4, -0.2) is 20.7 Å². The highest BCUT2D eigenvalue weighted by molar-refractivity contribution is 7.19. The molecule has 2 aromatic heterocycles. The molecule has 0 unspecified atom stereocenters. The van der Waals surface area contributed by atoms with Gasteiger partial charge in [0.15, 0.2) is 5.13 Å². The summed E-state index contributed by atoms with van der Waals surface area (Å²) in [6, 6.07) is 12.9. The molecule has 6 nitrogen and oxygen atoms in total. The Hall–Kier alpha value is -2.80. The summed E-state index contributed by atoms with van der Waals surface area (Å²) in [4.78, 5) is 28.7. The summed E-state index contributed by atoms with van der Waals surface area (Å²) in [5.41, 5.74) is 2.16. The van der Waals surface area contributed by atoms with Crippen molar-refractivity contribution in [3.8, 4) is 21.8 Å². The third kappa shape index (κ3) is 3.66. The first-order valence-electron chi connectivity index (χ1n) is 7.90. The lowest BCUT2D eigenvalue weighted by atomic mass is 10.1. The molecule has 0 aliphatic rings. The van der Waals surface area contributed by atoms with Gasteiger partial charge in [-0.25, -0.2) is 9.67 Å². The molecule has 0 aliphatic heterocycles. The Kier molecular flexibility index (Phi) is 4.76. The first-order chi connectivity index (χ1) is 12.0. The van der Waals surface area contributed by atoms with Gasteiger partial charge in [0.2, 0.25) is 5.91 Å². The lowest BCUT2D eigenvalue weighted by Gasteiger charge is -2.09. The lowest BCUT2D eigenvalue weighted by molar-refractivity contribution is -0.114. The molecule has 128 valence electrons. The minimum Gasteiger partial charge on any atom is -0.302 e. The first-order valence-corrected chi connectivity index (χ1v) is 8.71. The van der Waals surface area contributed by atoms with E-state index in [-0.39, 0.29) is 17.5 Å². The molecule has 0 bridgehead atoms. The number of hydrogen-bond donors (Lipinski definition) is 1. The van der Waals surface area contributed by atoms with Crippen LogP contribution >= 0.6 is 11.3 Å². The van der Waals surface area contributed by atoms with Crippen molar-refractivity contribution in [1.29, 1.82) is 0 Å². The molecule has 0 spiro atoms. The standard InChI is InChI=1S/C18H18N4O2S/c1-11(2)22-15(24)10-9-14(21-22)17-16(13-7-5-4-6-8-13)20-18(25-17)19-12(3)23/h4-11H,1-3H3,(H,19,20,23). The van der Waals surface area contributed by atoms with Crippen molar-refractivity contribution >= 4 is 22.4 Å². The summed E-state index contributed by atoms with van der Waals surface area (Å²) >= 11 is 1.34. The smallest absolute Gasteiger partial charge is 0.267 e. The Morgan fingerprint density at radius 2 is 1.88 bits per heavy atom. The zero-order valence-electron chi connectivity index (χ0n) is 14.2. The SMILES string of the molecule is CC(=O)Nc1nc(-c2ccccc2)c(-c2ccc(=O)n(C(C)C)n2)s1. The van der Waals surface area contributed by atoms with Crippen LogP contribution in [0.2, 0.25) is 0 Å². The summed E-state index contributed by atoms with van der Waals surface area (Å²) < 4.78 is 1.45. The zero-order chi connectivity index (χ0) is 18.0. The van der Waals surface area contributed by atoms with E-state index in [2.05, 4.69) is 15.4 Å². The van der Waals surface area contributed by atoms with Gasteiger partial charge in [0.25, 0.3) is 5.56 Å². The number of rotatable bonds is 4. The molecule has 3 aromatic rings. The Morgan fingerprint density at radius 3 is 2.52 bits per heavy atom. The lowest BCUT2D eigenvalue weighted by Crippen LogP contribution is -2.23. The number of anilines is 1. The van der Waals surface area contributed by atoms with Gasteiger partial charge >= 0.3 is 0 Å².